The summed E-state index contributed by atoms with van der Waals surface area (Å²) in [5.74, 6) is -3.77. The van der Waals surface area contributed by atoms with Gasteiger partial charge in [-0.2, -0.15) is 0 Å². The number of aliphatic hydroxyl groups is 2. The predicted molar refractivity (Wildman–Crippen MR) is 290 cm³/mol. The largest absolute Gasteiger partial charge is 0.507 e. The van der Waals surface area contributed by atoms with Crippen molar-refractivity contribution >= 4 is 23.1 Å². The Balaban J connectivity index is 0.846. The van der Waals surface area contributed by atoms with E-state index in [1.54, 1.807) is 34.6 Å². The van der Waals surface area contributed by atoms with Gasteiger partial charge >= 0.3 is 0 Å². The van der Waals surface area contributed by atoms with Crippen molar-refractivity contribution in [3.05, 3.63) is 51.6 Å². The van der Waals surface area contributed by atoms with E-state index >= 15 is 0 Å². The van der Waals surface area contributed by atoms with E-state index in [0.29, 0.717) is 19.3 Å². The zero-order chi connectivity index (χ0) is 60.1. The van der Waals surface area contributed by atoms with E-state index in [4.69, 9.17) is 61.6 Å². The van der Waals surface area contributed by atoms with Gasteiger partial charge in [-0.05, 0) is 82.2 Å². The van der Waals surface area contributed by atoms with Gasteiger partial charge in [0.25, 0.3) is 0 Å². The number of hydrogen-bond acceptors (Lipinski definition) is 24. The van der Waals surface area contributed by atoms with Crippen LogP contribution in [0.4, 0.5) is 0 Å². The quantitative estimate of drug-likeness (QED) is 0.151. The first-order valence-electron chi connectivity index (χ1n) is 29.7. The highest BCUT2D eigenvalue weighted by molar-refractivity contribution is 6.31. The molecule has 7 fully saturated rings. The number of Topliss-reactive ketones (excluding diaryl/α,β-unsaturated/α-hetero) is 2. The summed E-state index contributed by atoms with van der Waals surface area (Å²) >= 11 is 0. The molecule has 24 nitrogen and oxygen atoms in total. The van der Waals surface area contributed by atoms with Crippen LogP contribution in [-0.4, -0.2) is 221 Å². The molecule has 24 atom stereocenters. The van der Waals surface area contributed by atoms with Crippen molar-refractivity contribution in [2.45, 2.75) is 253 Å². The van der Waals surface area contributed by atoms with Crippen LogP contribution >= 0.6 is 0 Å². The molecule has 0 amide bonds. The number of hydrogen-bond donors (Lipinski definition) is 5. The zero-order valence-electron chi connectivity index (χ0n) is 49.4. The number of benzene rings is 2. The van der Waals surface area contributed by atoms with Gasteiger partial charge in [-0.3, -0.25) is 19.2 Å². The van der Waals surface area contributed by atoms with Gasteiger partial charge in [-0.15, -0.1) is 0 Å². The Hall–Kier alpha value is -4.16. The van der Waals surface area contributed by atoms with E-state index in [9.17, 15) is 44.7 Å². The topological polar surface area (TPSA) is 296 Å². The predicted octanol–water partition coefficient (Wildman–Crippen LogP) is 4.11. The fourth-order valence-electron chi connectivity index (χ4n) is 14.0. The van der Waals surface area contributed by atoms with Crippen LogP contribution < -0.4 is 0 Å². The van der Waals surface area contributed by atoms with Gasteiger partial charge in [0, 0.05) is 80.1 Å². The molecule has 7 aliphatic heterocycles. The minimum atomic E-state index is -1.90. The molecule has 0 radical (unpaired) electrons. The molecule has 2 aromatic carbocycles. The number of ether oxygens (including phenoxy) is 13. The Labute approximate surface area is 488 Å². The van der Waals surface area contributed by atoms with E-state index in [2.05, 4.69) is 0 Å². The first-order chi connectivity index (χ1) is 39.8. The Kier molecular flexibility index (Phi) is 17.6. The summed E-state index contributed by atoms with van der Waals surface area (Å²) in [6.07, 6.45) is -14.9. The summed E-state index contributed by atoms with van der Waals surface area (Å²) in [5.41, 5.74) is -3.85. The lowest BCUT2D eigenvalue weighted by Gasteiger charge is -2.51. The Morgan fingerprint density at radius 1 is 0.583 bits per heavy atom. The summed E-state index contributed by atoms with van der Waals surface area (Å²) in [7, 11) is 7.50. The van der Waals surface area contributed by atoms with Crippen LogP contribution in [0.5, 0.6) is 17.2 Å². The average molecular weight is 1180 g/mol. The minimum Gasteiger partial charge on any atom is -0.507 e. The molecule has 84 heavy (non-hydrogen) atoms. The molecule has 464 valence electrons. The third kappa shape index (κ3) is 11.4. The molecule has 9 aliphatic rings. The summed E-state index contributed by atoms with van der Waals surface area (Å²) in [6, 6.07) is 3.17. The second-order valence-corrected chi connectivity index (χ2v) is 24.7. The fraction of sp³-hybridized carbons (Fsp3) is 0.733. The van der Waals surface area contributed by atoms with Crippen molar-refractivity contribution in [3.8, 4) is 17.2 Å². The number of likely N-dealkylation sites (N-methyl/N-ethyl adjacent to an activating group) is 2. The molecule has 0 aromatic heterocycles. The number of aliphatic hydroxyl groups excluding tert-OH is 1. The summed E-state index contributed by atoms with van der Waals surface area (Å²) in [4.78, 5) is 57.7. The number of nitrogens with zero attached hydrogens (tertiary/aromatic N) is 2. The molecule has 2 aromatic rings. The highest BCUT2D eigenvalue weighted by atomic mass is 16.8. The average Bonchev–Trinajstić information content (AvgIpc) is 0.779. The normalized spacial score (nSPS) is 42.5. The molecule has 5 N–H and O–H groups in total. The van der Waals surface area contributed by atoms with Crippen LogP contribution in [0, 0.1) is 0 Å². The van der Waals surface area contributed by atoms with Crippen LogP contribution in [-0.2, 0) is 71.2 Å². The number of carbonyl (C=O) groups excluding carboxylic acids is 4. The Morgan fingerprint density at radius 2 is 1.14 bits per heavy atom. The molecule has 0 spiro atoms. The lowest BCUT2D eigenvalue weighted by Crippen LogP contribution is -2.62. The molecular weight excluding hydrogens is 1100 g/mol. The molecule has 7 heterocycles. The standard InChI is InChI=1S/C60H82N2O22/c1-12-60(71)23-39(79-41-18-31(61(8)9)55(26(4)73-41)82-44-22-37-57(29(7)76-44)84-59-38(78-37)20-35(65)25(3)77-59)46-49(53(70)47-48(52(46)69)51(68)45-30(50(47)67)14-13-15-34(45)64)58(60)83-42-19-32(62(10)11)54(27(5)74-42)81-43-21-36(66)56(28(6)75-43)80-40-17-16-33(63)24(2)72-40/h13-15,24-29,31-32,36-44,54-59,64,66,69-71H,12,16-23H2,1-11H3/t24-,25-,26-,27-,28+,29+,31-,32-,36+,37-,38+,39-,40-,41+,42-,43-,44+,54+,55+,56-,57+,58-,59+,60-/m1/s1. The number of carbonyl (C=O) groups is 4. The van der Waals surface area contributed by atoms with E-state index in [0.717, 1.165) is 0 Å². The van der Waals surface area contributed by atoms with Gasteiger partial charge in [0.05, 0.1) is 65.0 Å². The number of ketones is 4. The summed E-state index contributed by atoms with van der Waals surface area (Å²) in [6.45, 7) is 12.4. The Morgan fingerprint density at radius 3 is 1.76 bits per heavy atom. The fourth-order valence-corrected chi connectivity index (χ4v) is 14.0. The smallest absolute Gasteiger partial charge is 0.202 e. The maximum atomic E-state index is 14.6. The maximum Gasteiger partial charge on any atom is 0.202 e. The summed E-state index contributed by atoms with van der Waals surface area (Å²) < 4.78 is 83.6. The molecule has 2 aliphatic carbocycles. The van der Waals surface area contributed by atoms with Crippen molar-refractivity contribution in [3.63, 3.8) is 0 Å². The van der Waals surface area contributed by atoms with Crippen molar-refractivity contribution in [1.82, 2.24) is 9.80 Å². The number of phenols is 3. The van der Waals surface area contributed by atoms with E-state index in [-0.39, 0.29) is 78.4 Å². The monoisotopic (exact) mass is 1180 g/mol. The van der Waals surface area contributed by atoms with Crippen LogP contribution in [0.1, 0.15) is 161 Å². The van der Waals surface area contributed by atoms with Crippen LogP contribution in [0.25, 0.3) is 0 Å². The number of phenolic OH excluding ortho intramolecular Hbond substituents is 3. The molecule has 7 saturated heterocycles. The van der Waals surface area contributed by atoms with Crippen molar-refractivity contribution < 1.29 is 106 Å². The highest BCUT2D eigenvalue weighted by Crippen LogP contribution is 2.58. The van der Waals surface area contributed by atoms with Gasteiger partial charge in [0.2, 0.25) is 5.78 Å². The SMILES string of the molecule is CC[C@@]1(O)C[C@@H](O[C@H]2C[C@@H](N(C)C)[C@@H](O[C@H]3C[C@H]4O[C@H]5CC(=O)[C@@H](C)O[C@H]5O[C@H]4[C@H](C)O3)[C@@H](C)O2)c2c(O)c3c(c(O)c2[C@H]1O[C@@H]1C[C@@H](N(C)C)[C@@H](O[C@@H]2C[C@H](O)[C@H](O[C@@H]4CCC(=O)[C@@H](C)O4)[C@H](C)O2)[C@@H](C)O1)C(=O)c1cccc(O)c1C3=O. The van der Waals surface area contributed by atoms with Crippen LogP contribution in [0.2, 0.25) is 0 Å². The second-order valence-electron chi connectivity index (χ2n) is 24.7. The lowest BCUT2D eigenvalue weighted by molar-refractivity contribution is -0.371. The van der Waals surface area contributed by atoms with E-state index in [1.807, 2.05) is 51.8 Å². The molecule has 24 heteroatoms. The summed E-state index contributed by atoms with van der Waals surface area (Å²) in [5, 5.41) is 60.8. The van der Waals surface area contributed by atoms with Crippen LogP contribution in [0.3, 0.4) is 0 Å². The first-order valence-corrected chi connectivity index (χ1v) is 29.7. The van der Waals surface area contributed by atoms with Gasteiger partial charge in [0.15, 0.2) is 55.1 Å². The van der Waals surface area contributed by atoms with Crippen molar-refractivity contribution in [2.75, 3.05) is 28.2 Å². The third-order valence-electron chi connectivity index (χ3n) is 18.7. The van der Waals surface area contributed by atoms with Gasteiger partial charge in [-0.1, -0.05) is 19.1 Å². The number of fused-ring (bicyclic) bond motifs is 5. The van der Waals surface area contributed by atoms with Crippen molar-refractivity contribution in [2.24, 2.45) is 0 Å². The first kappa shape index (κ1) is 61.5. The van der Waals surface area contributed by atoms with Gasteiger partial charge < -0.3 is 96.9 Å². The van der Waals surface area contributed by atoms with Crippen LogP contribution in [0.15, 0.2) is 18.2 Å². The van der Waals surface area contributed by atoms with E-state index in [1.165, 1.54) is 18.2 Å². The Bertz CT molecular complexity index is 2810. The highest BCUT2D eigenvalue weighted by Gasteiger charge is 2.56. The van der Waals surface area contributed by atoms with E-state index < -0.39 is 181 Å². The zero-order valence-corrected chi connectivity index (χ0v) is 49.4. The second kappa shape index (κ2) is 24.1. The molecule has 0 bridgehead atoms. The number of aromatic hydroxyl groups is 3. The molecule has 0 saturated carbocycles. The third-order valence-corrected chi connectivity index (χ3v) is 18.7. The lowest BCUT2D eigenvalue weighted by atomic mass is 9.70. The minimum absolute atomic E-state index is 0.00431. The van der Waals surface area contributed by atoms with Gasteiger partial charge in [0.1, 0.15) is 66.1 Å². The van der Waals surface area contributed by atoms with Gasteiger partial charge in [-0.25, -0.2) is 0 Å². The number of rotatable bonds is 13. The molecule has 0 unspecified atom stereocenters. The molecular formula is C60H82N2O22. The van der Waals surface area contributed by atoms with Crippen molar-refractivity contribution in [1.29, 1.82) is 0 Å². The maximum absolute atomic E-state index is 14.6. The molecule has 11 rings (SSSR count).